The van der Waals surface area contributed by atoms with Crippen molar-refractivity contribution in [3.8, 4) is 5.75 Å². The van der Waals surface area contributed by atoms with Gasteiger partial charge in [0, 0.05) is 13.1 Å². The zero-order chi connectivity index (χ0) is 15.0. The number of hydrogen-bond acceptors (Lipinski definition) is 4. The normalized spacial score (nSPS) is 10.7. The smallest absolute Gasteiger partial charge is 0.306 e. The zero-order valence-corrected chi connectivity index (χ0v) is 12.9. The number of hydrogen-bond donors (Lipinski definition) is 0. The van der Waals surface area contributed by atoms with E-state index in [9.17, 15) is 4.79 Å². The number of aryl methyl sites for hydroxylation is 2. The first-order chi connectivity index (χ1) is 9.52. The number of esters is 1. The van der Waals surface area contributed by atoms with Crippen LogP contribution >= 0.6 is 0 Å². The van der Waals surface area contributed by atoms with Gasteiger partial charge in [-0.2, -0.15) is 0 Å². The molecule has 4 heteroatoms. The van der Waals surface area contributed by atoms with Gasteiger partial charge in [0.15, 0.2) is 0 Å². The lowest BCUT2D eigenvalue weighted by atomic mass is 10.1. The van der Waals surface area contributed by atoms with Crippen LogP contribution in [0.25, 0.3) is 0 Å². The largest absolute Gasteiger partial charge is 0.493 e. The molecule has 0 radical (unpaired) electrons. The van der Waals surface area contributed by atoms with E-state index in [4.69, 9.17) is 4.74 Å². The molecule has 0 amide bonds. The Kier molecular flexibility index (Phi) is 7.09. The van der Waals surface area contributed by atoms with Crippen molar-refractivity contribution >= 4 is 5.97 Å². The van der Waals surface area contributed by atoms with Gasteiger partial charge >= 0.3 is 5.97 Å². The van der Waals surface area contributed by atoms with Crippen molar-refractivity contribution in [1.29, 1.82) is 0 Å². The van der Waals surface area contributed by atoms with Crippen molar-refractivity contribution < 1.29 is 14.3 Å². The molecule has 0 N–H and O–H groups in total. The lowest BCUT2D eigenvalue weighted by molar-refractivity contribution is -0.140. The minimum atomic E-state index is -0.163. The Bertz CT molecular complexity index is 432. The molecule has 0 heterocycles. The summed E-state index contributed by atoms with van der Waals surface area (Å²) in [5.74, 6) is 0.797. The Labute approximate surface area is 121 Å². The summed E-state index contributed by atoms with van der Waals surface area (Å²) in [7, 11) is 3.42. The van der Waals surface area contributed by atoms with Gasteiger partial charge in [-0.25, -0.2) is 0 Å². The van der Waals surface area contributed by atoms with E-state index in [0.29, 0.717) is 13.0 Å². The van der Waals surface area contributed by atoms with Crippen molar-refractivity contribution in [1.82, 2.24) is 4.90 Å². The predicted molar refractivity (Wildman–Crippen MR) is 80.2 cm³/mol. The molecule has 1 aromatic rings. The van der Waals surface area contributed by atoms with E-state index >= 15 is 0 Å². The van der Waals surface area contributed by atoms with Gasteiger partial charge in [0.1, 0.15) is 5.75 Å². The van der Waals surface area contributed by atoms with Crippen molar-refractivity contribution in [2.75, 3.05) is 33.9 Å². The Balaban J connectivity index is 2.21. The van der Waals surface area contributed by atoms with Crippen LogP contribution in [-0.4, -0.2) is 44.7 Å². The van der Waals surface area contributed by atoms with Crippen molar-refractivity contribution in [2.24, 2.45) is 0 Å². The molecule has 0 saturated heterocycles. The number of ether oxygens (including phenoxy) is 2. The second kappa shape index (κ2) is 8.59. The van der Waals surface area contributed by atoms with E-state index in [-0.39, 0.29) is 5.97 Å². The minimum absolute atomic E-state index is 0.163. The Morgan fingerprint density at radius 3 is 2.70 bits per heavy atom. The predicted octanol–water partition coefficient (Wildman–Crippen LogP) is 2.57. The first-order valence-corrected chi connectivity index (χ1v) is 6.98. The number of nitrogens with zero attached hydrogens (tertiary/aromatic N) is 1. The number of carbonyl (C=O) groups is 1. The van der Waals surface area contributed by atoms with Crippen LogP contribution in [0.2, 0.25) is 0 Å². The fraction of sp³-hybridized carbons (Fsp3) is 0.562. The third-order valence-corrected chi connectivity index (χ3v) is 3.21. The Morgan fingerprint density at radius 1 is 1.25 bits per heavy atom. The summed E-state index contributed by atoms with van der Waals surface area (Å²) in [6.45, 7) is 6.43. The third kappa shape index (κ3) is 6.06. The molecule has 0 aliphatic rings. The molecule has 0 bridgehead atoms. The standard InChI is InChI=1S/C16H25NO3/c1-13-6-7-14(2)15(12-13)20-11-5-9-17(3)10-8-16(18)19-4/h6-7,12H,5,8-11H2,1-4H3. The molecule has 0 saturated carbocycles. The van der Waals surface area contributed by atoms with Crippen LogP contribution in [0.5, 0.6) is 5.75 Å². The first kappa shape index (κ1) is 16.5. The molecular formula is C16H25NO3. The highest BCUT2D eigenvalue weighted by Crippen LogP contribution is 2.19. The van der Waals surface area contributed by atoms with E-state index < -0.39 is 0 Å². The maximum absolute atomic E-state index is 11.0. The van der Waals surface area contributed by atoms with Crippen LogP contribution in [0.4, 0.5) is 0 Å². The molecule has 0 aromatic heterocycles. The molecule has 0 aliphatic heterocycles. The molecule has 20 heavy (non-hydrogen) atoms. The fourth-order valence-corrected chi connectivity index (χ4v) is 1.88. The van der Waals surface area contributed by atoms with Crippen molar-refractivity contribution in [2.45, 2.75) is 26.7 Å². The summed E-state index contributed by atoms with van der Waals surface area (Å²) in [5.41, 5.74) is 2.37. The van der Waals surface area contributed by atoms with Gasteiger partial charge in [0.25, 0.3) is 0 Å². The summed E-state index contributed by atoms with van der Waals surface area (Å²) >= 11 is 0. The van der Waals surface area contributed by atoms with E-state index in [0.717, 1.165) is 30.8 Å². The molecule has 0 unspecified atom stereocenters. The van der Waals surface area contributed by atoms with Crippen LogP contribution in [0.1, 0.15) is 24.0 Å². The van der Waals surface area contributed by atoms with Gasteiger partial charge in [-0.1, -0.05) is 12.1 Å². The topological polar surface area (TPSA) is 38.8 Å². The lowest BCUT2D eigenvalue weighted by Gasteiger charge is -2.16. The van der Waals surface area contributed by atoms with E-state index in [1.807, 2.05) is 7.05 Å². The molecule has 4 nitrogen and oxygen atoms in total. The highest BCUT2D eigenvalue weighted by Gasteiger charge is 2.04. The van der Waals surface area contributed by atoms with Gasteiger partial charge in [-0.15, -0.1) is 0 Å². The number of benzene rings is 1. The number of rotatable bonds is 8. The average molecular weight is 279 g/mol. The van der Waals surface area contributed by atoms with Crippen LogP contribution in [0.3, 0.4) is 0 Å². The third-order valence-electron chi connectivity index (χ3n) is 3.21. The van der Waals surface area contributed by atoms with Crippen molar-refractivity contribution in [3.63, 3.8) is 0 Å². The number of carbonyl (C=O) groups excluding carboxylic acids is 1. The summed E-state index contributed by atoms with van der Waals surface area (Å²) < 4.78 is 10.4. The quantitative estimate of drug-likeness (QED) is 0.541. The SMILES string of the molecule is COC(=O)CCN(C)CCCOc1cc(C)ccc1C. The fourth-order valence-electron chi connectivity index (χ4n) is 1.88. The highest BCUT2D eigenvalue weighted by atomic mass is 16.5. The van der Waals surface area contributed by atoms with Gasteiger partial charge < -0.3 is 14.4 Å². The summed E-state index contributed by atoms with van der Waals surface area (Å²) in [6, 6.07) is 6.23. The van der Waals surface area contributed by atoms with Gasteiger partial charge in [-0.05, 0) is 44.5 Å². The van der Waals surface area contributed by atoms with Gasteiger partial charge in [0.2, 0.25) is 0 Å². The van der Waals surface area contributed by atoms with Crippen LogP contribution in [0, 0.1) is 13.8 Å². The maximum Gasteiger partial charge on any atom is 0.306 e. The van der Waals surface area contributed by atoms with Crippen LogP contribution in [0.15, 0.2) is 18.2 Å². The summed E-state index contributed by atoms with van der Waals surface area (Å²) in [6.07, 6.45) is 1.37. The molecule has 0 atom stereocenters. The first-order valence-electron chi connectivity index (χ1n) is 6.98. The molecule has 0 spiro atoms. The average Bonchev–Trinajstić information content (AvgIpc) is 2.44. The van der Waals surface area contributed by atoms with Crippen LogP contribution < -0.4 is 4.74 Å². The monoisotopic (exact) mass is 279 g/mol. The minimum Gasteiger partial charge on any atom is -0.493 e. The van der Waals surface area contributed by atoms with Crippen molar-refractivity contribution in [3.05, 3.63) is 29.3 Å². The van der Waals surface area contributed by atoms with E-state index in [1.54, 1.807) is 0 Å². The highest BCUT2D eigenvalue weighted by molar-refractivity contribution is 5.69. The Hall–Kier alpha value is -1.55. The molecule has 112 valence electrons. The summed E-state index contributed by atoms with van der Waals surface area (Å²) in [5, 5.41) is 0. The second-order valence-electron chi connectivity index (χ2n) is 5.10. The van der Waals surface area contributed by atoms with Crippen LogP contribution in [-0.2, 0) is 9.53 Å². The molecule has 1 aromatic carbocycles. The van der Waals surface area contributed by atoms with E-state index in [1.165, 1.54) is 12.7 Å². The molecule has 1 rings (SSSR count). The molecular weight excluding hydrogens is 254 g/mol. The molecule has 0 aliphatic carbocycles. The molecule has 0 fully saturated rings. The van der Waals surface area contributed by atoms with Gasteiger partial charge in [0.05, 0.1) is 20.1 Å². The number of methoxy groups -OCH3 is 1. The Morgan fingerprint density at radius 2 is 2.00 bits per heavy atom. The van der Waals surface area contributed by atoms with Gasteiger partial charge in [-0.3, -0.25) is 4.79 Å². The zero-order valence-electron chi connectivity index (χ0n) is 12.9. The summed E-state index contributed by atoms with van der Waals surface area (Å²) in [4.78, 5) is 13.1. The lowest BCUT2D eigenvalue weighted by Crippen LogP contribution is -2.24. The second-order valence-corrected chi connectivity index (χ2v) is 5.10. The van der Waals surface area contributed by atoms with E-state index in [2.05, 4.69) is 41.7 Å². The maximum atomic E-state index is 11.0.